The second-order valence-electron chi connectivity index (χ2n) is 8.65. The molecule has 0 radical (unpaired) electrons. The van der Waals surface area contributed by atoms with Crippen molar-refractivity contribution in [2.45, 2.75) is 38.9 Å². The largest absolute Gasteiger partial charge is 0.494 e. The molecule has 1 saturated heterocycles. The van der Waals surface area contributed by atoms with Gasteiger partial charge in [-0.25, -0.2) is 4.98 Å². The van der Waals surface area contributed by atoms with Crippen LogP contribution in [0.25, 0.3) is 28.2 Å². The van der Waals surface area contributed by atoms with E-state index in [1.165, 1.54) is 0 Å². The van der Waals surface area contributed by atoms with Crippen molar-refractivity contribution in [1.29, 1.82) is 0 Å². The number of fused-ring (bicyclic) bond motifs is 1. The van der Waals surface area contributed by atoms with Gasteiger partial charge in [0.2, 0.25) is 0 Å². The van der Waals surface area contributed by atoms with E-state index in [1.54, 1.807) is 6.20 Å². The van der Waals surface area contributed by atoms with Crippen LogP contribution >= 0.6 is 0 Å². The first kappa shape index (κ1) is 19.0. The van der Waals surface area contributed by atoms with Gasteiger partial charge in [0.25, 0.3) is 0 Å². The van der Waals surface area contributed by atoms with Gasteiger partial charge < -0.3 is 9.31 Å². The fraction of sp³-hybridized carbons (Fsp3) is 0.250. The molecule has 0 spiro atoms. The predicted octanol–water partition coefficient (Wildman–Crippen LogP) is 4.39. The van der Waals surface area contributed by atoms with Gasteiger partial charge in [0.05, 0.1) is 22.2 Å². The summed E-state index contributed by atoms with van der Waals surface area (Å²) >= 11 is 0. The van der Waals surface area contributed by atoms with Crippen molar-refractivity contribution in [2.24, 2.45) is 0 Å². The molecule has 0 atom stereocenters. The molecule has 6 heteroatoms. The minimum atomic E-state index is -0.376. The van der Waals surface area contributed by atoms with Gasteiger partial charge in [-0.05, 0) is 69.6 Å². The molecule has 0 aliphatic carbocycles. The number of para-hydroxylation sites is 2. The van der Waals surface area contributed by atoms with Crippen LogP contribution in [0.2, 0.25) is 0 Å². The number of imidazole rings is 1. The minimum Gasteiger partial charge on any atom is -0.399 e. The van der Waals surface area contributed by atoms with Crippen molar-refractivity contribution >= 4 is 23.6 Å². The van der Waals surface area contributed by atoms with Gasteiger partial charge in [0, 0.05) is 11.9 Å². The number of hydrogen-bond donors (Lipinski definition) is 0. The lowest BCUT2D eigenvalue weighted by atomic mass is 9.79. The molecule has 5 rings (SSSR count). The van der Waals surface area contributed by atoms with E-state index in [-0.39, 0.29) is 18.3 Å². The zero-order valence-corrected chi connectivity index (χ0v) is 17.7. The van der Waals surface area contributed by atoms with Gasteiger partial charge >= 0.3 is 7.12 Å². The number of nitrogens with zero attached hydrogens (tertiary/aromatic N) is 3. The van der Waals surface area contributed by atoms with Gasteiger partial charge in [-0.15, -0.1) is 0 Å². The second kappa shape index (κ2) is 6.79. The highest BCUT2D eigenvalue weighted by molar-refractivity contribution is 6.62. The molecule has 1 fully saturated rings. The Kier molecular flexibility index (Phi) is 4.31. The Hall–Kier alpha value is -2.96. The van der Waals surface area contributed by atoms with E-state index in [0.29, 0.717) is 0 Å². The maximum Gasteiger partial charge on any atom is 0.494 e. The Morgan fingerprint density at radius 3 is 2.13 bits per heavy atom. The first-order valence-electron chi connectivity index (χ1n) is 10.2. The number of hydrogen-bond acceptors (Lipinski definition) is 4. The predicted molar refractivity (Wildman–Crippen MR) is 120 cm³/mol. The van der Waals surface area contributed by atoms with Crippen LogP contribution in [0.5, 0.6) is 0 Å². The van der Waals surface area contributed by atoms with Crippen molar-refractivity contribution < 1.29 is 9.31 Å². The molecule has 150 valence electrons. The highest BCUT2D eigenvalue weighted by Crippen LogP contribution is 2.36. The van der Waals surface area contributed by atoms with Gasteiger partial charge in [-0.3, -0.25) is 9.55 Å². The highest BCUT2D eigenvalue weighted by atomic mass is 16.7. The summed E-state index contributed by atoms with van der Waals surface area (Å²) in [6.07, 6.45) is 1.79. The fourth-order valence-electron chi connectivity index (χ4n) is 3.71. The average Bonchev–Trinajstić information content (AvgIpc) is 3.23. The van der Waals surface area contributed by atoms with Crippen LogP contribution in [0.4, 0.5) is 0 Å². The van der Waals surface area contributed by atoms with Gasteiger partial charge in [-0.2, -0.15) is 0 Å². The normalized spacial score (nSPS) is 17.5. The van der Waals surface area contributed by atoms with Crippen LogP contribution in [0.1, 0.15) is 27.7 Å². The maximum absolute atomic E-state index is 6.19. The summed E-state index contributed by atoms with van der Waals surface area (Å²) in [6.45, 7) is 8.27. The number of rotatable bonds is 3. The molecular formula is C24H24BN3O2. The molecule has 30 heavy (non-hydrogen) atoms. The van der Waals surface area contributed by atoms with E-state index < -0.39 is 0 Å². The topological polar surface area (TPSA) is 49.2 Å². The summed E-state index contributed by atoms with van der Waals surface area (Å²) in [6, 6.07) is 22.3. The molecule has 3 heterocycles. The van der Waals surface area contributed by atoms with E-state index in [9.17, 15) is 0 Å². The summed E-state index contributed by atoms with van der Waals surface area (Å²) in [5.74, 6) is 0.820. The molecule has 5 nitrogen and oxygen atoms in total. The molecule has 1 aliphatic rings. The molecule has 0 N–H and O–H groups in total. The van der Waals surface area contributed by atoms with Crippen molar-refractivity contribution in [3.8, 4) is 17.2 Å². The lowest BCUT2D eigenvalue weighted by Gasteiger charge is -2.32. The quantitative estimate of drug-likeness (QED) is 0.482. The first-order chi connectivity index (χ1) is 14.4. The summed E-state index contributed by atoms with van der Waals surface area (Å²) < 4.78 is 14.5. The van der Waals surface area contributed by atoms with Crippen LogP contribution in [0.3, 0.4) is 0 Å². The number of benzene rings is 2. The molecule has 0 bridgehead atoms. The smallest absolute Gasteiger partial charge is 0.399 e. The standard InChI is InChI=1S/C24H24BN3O2/c1-23(2)24(3,4)30-25(29-23)17-12-14-18(15-13-17)28-21-11-6-5-9-19(21)27-22(28)20-10-7-8-16-26-20/h5-16H,1-4H3. The van der Waals surface area contributed by atoms with Crippen molar-refractivity contribution in [3.63, 3.8) is 0 Å². The van der Waals surface area contributed by atoms with Gasteiger partial charge in [-0.1, -0.05) is 30.3 Å². The summed E-state index contributed by atoms with van der Waals surface area (Å²) in [5, 5.41) is 0. The Morgan fingerprint density at radius 2 is 1.47 bits per heavy atom. The van der Waals surface area contributed by atoms with E-state index in [0.717, 1.165) is 33.7 Å². The Balaban J connectivity index is 1.57. The van der Waals surface area contributed by atoms with Crippen LogP contribution in [0, 0.1) is 0 Å². The maximum atomic E-state index is 6.19. The summed E-state index contributed by atoms with van der Waals surface area (Å²) in [4.78, 5) is 9.37. The third kappa shape index (κ3) is 3.04. The van der Waals surface area contributed by atoms with Crippen LogP contribution in [-0.2, 0) is 9.31 Å². The molecule has 1 aliphatic heterocycles. The minimum absolute atomic E-state index is 0.358. The SMILES string of the molecule is CC1(C)OB(c2ccc(-n3c(-c4ccccn4)nc4ccccc43)cc2)OC1(C)C. The van der Waals surface area contributed by atoms with Crippen molar-refractivity contribution in [2.75, 3.05) is 0 Å². The van der Waals surface area contributed by atoms with E-state index in [4.69, 9.17) is 14.3 Å². The van der Waals surface area contributed by atoms with E-state index in [1.807, 2.05) is 36.4 Å². The second-order valence-corrected chi connectivity index (χ2v) is 8.65. The van der Waals surface area contributed by atoms with Crippen molar-refractivity contribution in [3.05, 3.63) is 72.9 Å². The molecule has 2 aromatic carbocycles. The van der Waals surface area contributed by atoms with Crippen LogP contribution in [-0.4, -0.2) is 32.9 Å². The van der Waals surface area contributed by atoms with E-state index >= 15 is 0 Å². The summed E-state index contributed by atoms with van der Waals surface area (Å²) in [7, 11) is -0.376. The lowest BCUT2D eigenvalue weighted by molar-refractivity contribution is 0.00578. The van der Waals surface area contributed by atoms with E-state index in [2.05, 4.69) is 67.6 Å². The number of pyridine rings is 1. The molecular weight excluding hydrogens is 373 g/mol. The Labute approximate surface area is 176 Å². The molecule has 2 aromatic heterocycles. The van der Waals surface area contributed by atoms with Crippen molar-refractivity contribution in [1.82, 2.24) is 14.5 Å². The molecule has 4 aromatic rings. The third-order valence-corrected chi connectivity index (χ3v) is 6.13. The zero-order chi connectivity index (χ0) is 20.9. The average molecular weight is 397 g/mol. The Morgan fingerprint density at radius 1 is 0.800 bits per heavy atom. The summed E-state index contributed by atoms with van der Waals surface area (Å²) in [5.41, 5.74) is 4.12. The first-order valence-corrected chi connectivity index (χ1v) is 10.2. The molecule has 0 amide bonds. The third-order valence-electron chi connectivity index (χ3n) is 6.13. The van der Waals surface area contributed by atoms with Gasteiger partial charge in [0.1, 0.15) is 5.69 Å². The van der Waals surface area contributed by atoms with Crippen LogP contribution in [0.15, 0.2) is 72.9 Å². The van der Waals surface area contributed by atoms with Gasteiger partial charge in [0.15, 0.2) is 5.82 Å². The zero-order valence-electron chi connectivity index (χ0n) is 17.7. The molecule has 0 unspecified atom stereocenters. The monoisotopic (exact) mass is 397 g/mol. The fourth-order valence-corrected chi connectivity index (χ4v) is 3.71. The highest BCUT2D eigenvalue weighted by Gasteiger charge is 2.51. The van der Waals surface area contributed by atoms with Crippen LogP contribution < -0.4 is 5.46 Å². The lowest BCUT2D eigenvalue weighted by Crippen LogP contribution is -2.41. The Bertz CT molecular complexity index is 1180. The number of aromatic nitrogens is 3. The molecule has 0 saturated carbocycles.